The van der Waals surface area contributed by atoms with Gasteiger partial charge in [-0.2, -0.15) is 0 Å². The molecule has 27 nitrogen and oxygen atoms in total. The largest absolute Gasteiger partial charge is 0.377 e. The SMILES string of the molecule is C.CC.CC.CC(=O)N(C)CN(C)C(C)=O.CC(=O)N(C)CN(C)C(C)=O.CC(=O)N1CCC1.CC(=O)N1Cc2bbcbc2C1.CC(C)=O.CC(N)=O.COCC(C)=O.COS(=O)CC(C)=O.COS(=O)CC(C)=O.COS(=O)NC(C)=O.[B].[B][B]. The third-order valence-electron chi connectivity index (χ3n) is 8.33. The number of carbonyl (C=O) groups excluding carboxylic acids is 12. The molecular weight excluding hydrogens is 1190 g/mol. The van der Waals surface area contributed by atoms with Crippen molar-refractivity contribution in [2.75, 3.05) is 101 Å². The summed E-state index contributed by atoms with van der Waals surface area (Å²) in [5, 5.41) is 0. The summed E-state index contributed by atoms with van der Waals surface area (Å²) < 4.78 is 50.0. The summed E-state index contributed by atoms with van der Waals surface area (Å²) in [6.07, 6.45) is 1.19. The van der Waals surface area contributed by atoms with Crippen molar-refractivity contribution in [1.29, 1.82) is 0 Å². The third kappa shape index (κ3) is 94.6. The summed E-state index contributed by atoms with van der Waals surface area (Å²) in [5.74, 6) is 1.50. The van der Waals surface area contributed by atoms with Crippen LogP contribution < -0.4 is 10.5 Å². The Morgan fingerprint density at radius 1 is 0.563 bits per heavy atom. The number of hydrogen-bond acceptors (Lipinski definition) is 19. The monoisotopic (exact) mass is 1290 g/mol. The molecule has 1 aromatic rings. The number of fused-ring (bicyclic) bond motifs is 1. The van der Waals surface area contributed by atoms with Gasteiger partial charge in [-0.05, 0) is 41.0 Å². The van der Waals surface area contributed by atoms with Gasteiger partial charge in [0.15, 0.2) is 27.9 Å². The van der Waals surface area contributed by atoms with Gasteiger partial charge in [-0.15, -0.1) is 0 Å². The first-order chi connectivity index (χ1) is 39.2. The summed E-state index contributed by atoms with van der Waals surface area (Å²) >= 11 is -4.47. The van der Waals surface area contributed by atoms with E-state index in [1.54, 1.807) is 42.0 Å². The van der Waals surface area contributed by atoms with Gasteiger partial charge in [-0.1, -0.05) is 35.1 Å². The normalized spacial score (nSPS) is 10.6. The Morgan fingerprint density at radius 2 is 0.862 bits per heavy atom. The topological polar surface area (TPSA) is 350 Å². The predicted molar refractivity (Wildman–Crippen MR) is 352 cm³/mol. The summed E-state index contributed by atoms with van der Waals surface area (Å²) in [5.41, 5.74) is 7.04. The van der Waals surface area contributed by atoms with Gasteiger partial charge in [0.05, 0.1) is 34.7 Å². The van der Waals surface area contributed by atoms with Crippen LogP contribution in [0, 0.1) is 0 Å². The molecule has 3 atom stereocenters. The maximum absolute atomic E-state index is 11.0. The van der Waals surface area contributed by atoms with Crippen molar-refractivity contribution in [2.45, 2.75) is 145 Å². The molecule has 2 aliphatic heterocycles. The molecule has 0 saturated carbocycles. The number of nitrogens with zero attached hydrogens (tertiary/aromatic N) is 6. The first kappa shape index (κ1) is 110. The van der Waals surface area contributed by atoms with Crippen LogP contribution in [0.2, 0.25) is 0 Å². The van der Waals surface area contributed by atoms with Gasteiger partial charge in [0.2, 0.25) is 41.4 Å². The maximum atomic E-state index is 11.0. The zero-order valence-electron chi connectivity index (χ0n) is 55.9. The van der Waals surface area contributed by atoms with Gasteiger partial charge in [0, 0.05) is 121 Å². The van der Waals surface area contributed by atoms with Gasteiger partial charge in [-0.3, -0.25) is 65.2 Å². The molecule has 3 rings (SSSR count). The Kier molecular flexibility index (Phi) is 94.4. The Bertz CT molecular complexity index is 1960. The van der Waals surface area contributed by atoms with Crippen LogP contribution in [0.25, 0.3) is 0 Å². The van der Waals surface area contributed by atoms with Crippen molar-refractivity contribution in [3.05, 3.63) is 16.8 Å². The first-order valence-corrected chi connectivity index (χ1v) is 29.3. The van der Waals surface area contributed by atoms with Crippen LogP contribution in [-0.4, -0.2) is 258 Å². The number of Topliss-reactive ketones (excluding diaryl/α,β-unsaturated/α-hetero) is 4. The molecule has 0 spiro atoms. The molecule has 1 saturated heterocycles. The predicted octanol–water partition coefficient (Wildman–Crippen LogP) is 0.576. The molecule has 0 bridgehead atoms. The molecule has 3 N–H and O–H groups in total. The Balaban J connectivity index is -0.0000000719. The molecule has 87 heavy (non-hydrogen) atoms. The second-order valence-electron chi connectivity index (χ2n) is 16.5. The summed E-state index contributed by atoms with van der Waals surface area (Å²) in [6.45, 7) is 37.6. The molecule has 0 aliphatic carbocycles. The zero-order valence-corrected chi connectivity index (χ0v) is 58.3. The Morgan fingerprint density at radius 3 is 1.00 bits per heavy atom. The number of methoxy groups -OCH3 is 1. The van der Waals surface area contributed by atoms with Gasteiger partial charge in [0.25, 0.3) is 11.3 Å². The number of ketones is 4. The molecule has 497 valence electrons. The van der Waals surface area contributed by atoms with E-state index >= 15 is 0 Å². The number of hydrogen-bond donors (Lipinski definition) is 2. The average molecular weight is 1290 g/mol. The van der Waals surface area contributed by atoms with Gasteiger partial charge >= 0.3 is 72.9 Å². The Labute approximate surface area is 535 Å². The minimum atomic E-state index is -1.66. The molecule has 3 heterocycles. The van der Waals surface area contributed by atoms with E-state index in [0.717, 1.165) is 26.2 Å². The van der Waals surface area contributed by atoms with Crippen LogP contribution >= 0.6 is 0 Å². The van der Waals surface area contributed by atoms with Crippen molar-refractivity contribution >= 4 is 148 Å². The number of ether oxygens (including phenoxy) is 1. The third-order valence-corrected chi connectivity index (χ3v) is 11.1. The van der Waals surface area contributed by atoms with Crippen molar-refractivity contribution in [3.63, 3.8) is 0 Å². The van der Waals surface area contributed by atoms with Crippen molar-refractivity contribution in [2.24, 2.45) is 5.73 Å². The molecule has 0 aromatic carbocycles. The number of likely N-dealkylation sites (tertiary alicyclic amines) is 1. The van der Waals surface area contributed by atoms with Crippen LogP contribution in [0.5, 0.6) is 0 Å². The molecule has 8 amide bonds. The summed E-state index contributed by atoms with van der Waals surface area (Å²) in [7, 11) is 20.0. The van der Waals surface area contributed by atoms with E-state index in [1.165, 1.54) is 142 Å². The number of primary amides is 1. The molecule has 3 unspecified atom stereocenters. The second kappa shape index (κ2) is 75.0. The molecule has 1 fully saturated rings. The fourth-order valence-electron chi connectivity index (χ4n) is 4.03. The quantitative estimate of drug-likeness (QED) is 0.190. The van der Waals surface area contributed by atoms with Crippen molar-refractivity contribution < 1.29 is 87.4 Å². The molecule has 7 radical (unpaired) electrons. The smallest absolute Gasteiger partial charge is 0.263 e. The van der Waals surface area contributed by atoms with Crippen molar-refractivity contribution in [1.82, 2.24) is 34.1 Å². The molecule has 36 heteroatoms. The van der Waals surface area contributed by atoms with E-state index in [0.29, 0.717) is 13.3 Å². The minimum Gasteiger partial charge on any atom is -0.377 e. The van der Waals surface area contributed by atoms with Crippen LogP contribution in [0.15, 0.2) is 5.86 Å². The van der Waals surface area contributed by atoms with E-state index in [2.05, 4.69) is 52.2 Å². The van der Waals surface area contributed by atoms with Crippen LogP contribution in [-0.2, 0) is 121 Å². The van der Waals surface area contributed by atoms with Crippen molar-refractivity contribution in [3.8, 4) is 0 Å². The second-order valence-corrected chi connectivity index (χ2v) is 20.0. The van der Waals surface area contributed by atoms with Crippen LogP contribution in [0.3, 0.4) is 0 Å². The summed E-state index contributed by atoms with van der Waals surface area (Å²) in [6, 6.07) is 0. The van der Waals surface area contributed by atoms with E-state index in [-0.39, 0.29) is 104 Å². The van der Waals surface area contributed by atoms with Crippen LogP contribution in [0.4, 0.5) is 0 Å². The van der Waals surface area contributed by atoms with Gasteiger partial charge in [0.1, 0.15) is 35.5 Å². The van der Waals surface area contributed by atoms with E-state index < -0.39 is 33.4 Å². The maximum Gasteiger partial charge on any atom is 0.263 e. The molecule has 2 aliphatic rings. The van der Waals surface area contributed by atoms with E-state index in [4.69, 9.17) is 0 Å². The molecule has 1 aromatic heterocycles. The summed E-state index contributed by atoms with van der Waals surface area (Å²) in [4.78, 5) is 133. The number of amides is 8. The minimum absolute atomic E-state index is 0. The number of rotatable bonds is 14. The number of carbonyl (C=O) groups is 12. The first-order valence-electron chi connectivity index (χ1n) is 25.8. The fourth-order valence-corrected chi connectivity index (χ4v) is 5.25. The van der Waals surface area contributed by atoms with Gasteiger partial charge < -0.3 is 39.8 Å². The van der Waals surface area contributed by atoms with Gasteiger partial charge in [-0.25, -0.2) is 12.6 Å². The standard InChI is InChI=1S/C7H8B3NO.2C7H14N2O2.C5H9NO.2C4H8O3S.C4H8O2.C3H7NO3S.C3H6O.C2H5NO.2C2H6.CH4.B2.B/c1-5(12)11-2-6-7(3-11)10-9-4-8-6;2*1-6(10)8(3)5-9(4)7(2)11;1-5(7)6-3-2-4-6;2*1-4(5)3-8(6)7-2;1-4(5)3-6-2;1-3(5)4-8(6)7-2;1-3(2)4;1-2(3)4;2*1-2;;1-2;/h4H,2-3H2,1H3;2*5H2,1-4H3;2-4H2,1H3;2*3H2,1-2H3;3H2,1-2H3;1-2H3,(H,4,5);1-2H3;1H3,(H2,3,4);2*1-2H3;1H4;;. The number of nitrogens with one attached hydrogen (secondary N) is 1. The Hall–Kier alpha value is -5.27. The van der Waals surface area contributed by atoms with E-state index in [1.807, 2.05) is 54.9 Å². The average Bonchev–Trinajstić information content (AvgIpc) is 3.83. The zero-order chi connectivity index (χ0) is 69.7. The number of nitrogens with two attached hydrogens (primary N) is 1. The van der Waals surface area contributed by atoms with E-state index in [9.17, 15) is 70.2 Å². The van der Waals surface area contributed by atoms with Crippen LogP contribution in [0.1, 0.15) is 142 Å². The fraction of sp³-hybridized carbons (Fsp3) is 0.706. The molecular formula is C51H103B6N8O19S3.